The second kappa shape index (κ2) is 4.71. The van der Waals surface area contributed by atoms with Crippen LogP contribution in [0.3, 0.4) is 0 Å². The molecule has 0 aliphatic carbocycles. The molecule has 0 radical (unpaired) electrons. The molecule has 1 aromatic heterocycles. The molecule has 1 saturated heterocycles. The summed E-state index contributed by atoms with van der Waals surface area (Å²) in [5.41, 5.74) is 4.56. The fraction of sp³-hybridized carbons (Fsp3) is 0.474. The molecule has 0 spiro atoms. The van der Waals surface area contributed by atoms with Crippen molar-refractivity contribution >= 4 is 17.1 Å². The molecule has 4 heterocycles. The molecule has 114 valence electrons. The van der Waals surface area contributed by atoms with Crippen LogP contribution in [0.2, 0.25) is 0 Å². The Morgan fingerprint density at radius 3 is 2.95 bits per heavy atom. The Kier molecular flexibility index (Phi) is 2.76. The average Bonchev–Trinajstić information content (AvgIpc) is 2.90. The SMILES string of the molecule is CCCN1CCN2CCc3c4n(c5ccccc35)C=C[C@@H]1[C@H]42. The summed E-state index contributed by atoms with van der Waals surface area (Å²) < 4.78 is 2.47. The zero-order valence-corrected chi connectivity index (χ0v) is 13.2. The molecule has 2 atom stereocenters. The quantitative estimate of drug-likeness (QED) is 0.843. The lowest BCUT2D eigenvalue weighted by molar-refractivity contribution is 0.0289. The van der Waals surface area contributed by atoms with Crippen LogP contribution in [-0.2, 0) is 6.42 Å². The van der Waals surface area contributed by atoms with Gasteiger partial charge in [-0.05, 0) is 37.1 Å². The Morgan fingerprint density at radius 1 is 1.14 bits per heavy atom. The maximum atomic E-state index is 2.72. The minimum absolute atomic E-state index is 0.557. The molecule has 3 nitrogen and oxygen atoms in total. The van der Waals surface area contributed by atoms with Gasteiger partial charge in [0.1, 0.15) is 0 Å². The van der Waals surface area contributed by atoms with Crippen molar-refractivity contribution in [3.63, 3.8) is 0 Å². The summed E-state index contributed by atoms with van der Waals surface area (Å²) >= 11 is 0. The maximum Gasteiger partial charge on any atom is 0.0702 e. The number of benzene rings is 1. The van der Waals surface area contributed by atoms with E-state index in [9.17, 15) is 0 Å². The highest BCUT2D eigenvalue weighted by Crippen LogP contribution is 2.44. The van der Waals surface area contributed by atoms with Gasteiger partial charge in [0, 0.05) is 36.9 Å². The van der Waals surface area contributed by atoms with Gasteiger partial charge in [-0.15, -0.1) is 0 Å². The number of aromatic nitrogens is 1. The van der Waals surface area contributed by atoms with E-state index in [1.54, 1.807) is 11.3 Å². The van der Waals surface area contributed by atoms with Crippen molar-refractivity contribution in [3.8, 4) is 0 Å². The van der Waals surface area contributed by atoms with Gasteiger partial charge in [-0.1, -0.05) is 25.1 Å². The van der Waals surface area contributed by atoms with Gasteiger partial charge in [0.25, 0.3) is 0 Å². The summed E-state index contributed by atoms with van der Waals surface area (Å²) in [6.45, 7) is 7.16. The van der Waals surface area contributed by atoms with Crippen molar-refractivity contribution in [1.82, 2.24) is 14.4 Å². The lowest BCUT2D eigenvalue weighted by Crippen LogP contribution is -2.57. The molecule has 2 aromatic rings. The van der Waals surface area contributed by atoms with Crippen molar-refractivity contribution in [2.75, 3.05) is 26.2 Å². The first kappa shape index (κ1) is 12.9. The van der Waals surface area contributed by atoms with Crippen LogP contribution in [0.4, 0.5) is 0 Å². The molecule has 0 unspecified atom stereocenters. The molecular weight excluding hydrogens is 270 g/mol. The van der Waals surface area contributed by atoms with Crippen molar-refractivity contribution < 1.29 is 0 Å². The molecule has 0 bridgehead atoms. The van der Waals surface area contributed by atoms with E-state index in [4.69, 9.17) is 0 Å². The number of nitrogens with zero attached hydrogens (tertiary/aromatic N) is 3. The molecule has 22 heavy (non-hydrogen) atoms. The molecule has 0 saturated carbocycles. The molecule has 3 aliphatic heterocycles. The maximum absolute atomic E-state index is 2.72. The standard InChI is InChI=1S/C19H23N3/c1-2-9-20-12-13-21-10-7-15-14-5-3-4-6-16(14)22-11-8-17(20)19(21)18(15)22/h3-6,8,11,17,19H,2,7,9-10,12-13H2,1H3/t17-,19-/m1/s1. The fourth-order valence-corrected chi connectivity index (χ4v) is 4.85. The van der Waals surface area contributed by atoms with E-state index < -0.39 is 0 Å². The molecule has 0 N–H and O–H groups in total. The minimum atomic E-state index is 0.557. The van der Waals surface area contributed by atoms with Crippen LogP contribution in [0.5, 0.6) is 0 Å². The van der Waals surface area contributed by atoms with E-state index >= 15 is 0 Å². The zero-order valence-electron chi connectivity index (χ0n) is 13.2. The number of piperazine rings is 1. The summed E-state index contributed by atoms with van der Waals surface area (Å²) in [5.74, 6) is 0. The highest BCUT2D eigenvalue weighted by molar-refractivity contribution is 5.88. The molecular formula is C19H23N3. The lowest BCUT2D eigenvalue weighted by Gasteiger charge is -2.50. The number of rotatable bonds is 2. The Morgan fingerprint density at radius 2 is 2.05 bits per heavy atom. The van der Waals surface area contributed by atoms with Crippen LogP contribution in [0.1, 0.15) is 30.6 Å². The molecule has 0 amide bonds. The van der Waals surface area contributed by atoms with Crippen LogP contribution in [0, 0.1) is 0 Å². The molecule has 3 aliphatic rings. The Hall–Kier alpha value is -1.58. The van der Waals surface area contributed by atoms with Gasteiger partial charge in [-0.3, -0.25) is 9.80 Å². The molecule has 3 heteroatoms. The fourth-order valence-electron chi connectivity index (χ4n) is 4.85. The second-order valence-corrected chi connectivity index (χ2v) is 6.85. The summed E-state index contributed by atoms with van der Waals surface area (Å²) in [4.78, 5) is 5.41. The zero-order chi connectivity index (χ0) is 14.7. The van der Waals surface area contributed by atoms with Crippen LogP contribution in [0.25, 0.3) is 17.1 Å². The lowest BCUT2D eigenvalue weighted by atomic mass is 9.88. The topological polar surface area (TPSA) is 11.4 Å². The van der Waals surface area contributed by atoms with Gasteiger partial charge in [-0.2, -0.15) is 0 Å². The summed E-state index contributed by atoms with van der Waals surface area (Å²) in [6.07, 6.45) is 7.22. The van der Waals surface area contributed by atoms with E-state index in [1.165, 1.54) is 49.9 Å². The van der Waals surface area contributed by atoms with Crippen molar-refractivity contribution in [2.45, 2.75) is 31.8 Å². The molecule has 1 aromatic carbocycles. The Labute approximate surface area is 131 Å². The van der Waals surface area contributed by atoms with Gasteiger partial charge in [0.05, 0.1) is 17.6 Å². The van der Waals surface area contributed by atoms with Crippen LogP contribution < -0.4 is 0 Å². The third-order valence-electron chi connectivity index (χ3n) is 5.74. The van der Waals surface area contributed by atoms with Gasteiger partial charge >= 0.3 is 0 Å². The highest BCUT2D eigenvalue weighted by atomic mass is 15.3. The summed E-state index contributed by atoms with van der Waals surface area (Å²) in [7, 11) is 0. The normalized spacial score (nSPS) is 27.3. The second-order valence-electron chi connectivity index (χ2n) is 6.85. The van der Waals surface area contributed by atoms with E-state index in [-0.39, 0.29) is 0 Å². The number of fused-ring (bicyclic) bond motifs is 3. The van der Waals surface area contributed by atoms with Crippen LogP contribution in [0.15, 0.2) is 30.3 Å². The summed E-state index contributed by atoms with van der Waals surface area (Å²) in [5, 5.41) is 1.47. The van der Waals surface area contributed by atoms with Gasteiger partial charge in [0.2, 0.25) is 0 Å². The van der Waals surface area contributed by atoms with Crippen molar-refractivity contribution in [2.24, 2.45) is 0 Å². The predicted molar refractivity (Wildman–Crippen MR) is 90.9 cm³/mol. The van der Waals surface area contributed by atoms with Crippen LogP contribution >= 0.6 is 0 Å². The largest absolute Gasteiger partial charge is 0.319 e. The first-order chi connectivity index (χ1) is 10.9. The minimum Gasteiger partial charge on any atom is -0.319 e. The predicted octanol–water partition coefficient (Wildman–Crippen LogP) is 3.12. The van der Waals surface area contributed by atoms with E-state index in [0.717, 1.165) is 0 Å². The van der Waals surface area contributed by atoms with Crippen LogP contribution in [-0.4, -0.2) is 46.6 Å². The Bertz CT molecular complexity index is 757. The number of hydrogen-bond donors (Lipinski definition) is 0. The molecule has 5 rings (SSSR count). The first-order valence-corrected chi connectivity index (χ1v) is 8.66. The molecule has 1 fully saturated rings. The third kappa shape index (κ3) is 1.58. The monoisotopic (exact) mass is 293 g/mol. The van der Waals surface area contributed by atoms with Gasteiger partial charge in [-0.25, -0.2) is 0 Å². The number of hydrogen-bond acceptors (Lipinski definition) is 2. The third-order valence-corrected chi connectivity index (χ3v) is 5.74. The van der Waals surface area contributed by atoms with Gasteiger partial charge < -0.3 is 4.57 Å². The average molecular weight is 293 g/mol. The highest BCUT2D eigenvalue weighted by Gasteiger charge is 2.43. The first-order valence-electron chi connectivity index (χ1n) is 8.66. The van der Waals surface area contributed by atoms with E-state index in [0.29, 0.717) is 12.1 Å². The van der Waals surface area contributed by atoms with Crippen molar-refractivity contribution in [3.05, 3.63) is 41.6 Å². The van der Waals surface area contributed by atoms with E-state index in [1.807, 2.05) is 0 Å². The van der Waals surface area contributed by atoms with Crippen molar-refractivity contribution in [1.29, 1.82) is 0 Å². The smallest absolute Gasteiger partial charge is 0.0702 e. The Balaban J connectivity index is 1.72. The van der Waals surface area contributed by atoms with E-state index in [2.05, 4.69) is 57.8 Å². The summed E-state index contributed by atoms with van der Waals surface area (Å²) in [6, 6.07) is 10.0. The van der Waals surface area contributed by atoms with Gasteiger partial charge in [0.15, 0.2) is 0 Å². The number of para-hydroxylation sites is 1.